The summed E-state index contributed by atoms with van der Waals surface area (Å²) in [4.78, 5) is 2.77. The molecule has 3 nitrogen and oxygen atoms in total. The summed E-state index contributed by atoms with van der Waals surface area (Å²) in [6, 6.07) is 11.0. The lowest BCUT2D eigenvalue weighted by atomic mass is 10.1. The van der Waals surface area contributed by atoms with Crippen molar-refractivity contribution in [3.05, 3.63) is 51.7 Å². The highest BCUT2D eigenvalue weighted by molar-refractivity contribution is 7.80. The fourth-order valence-corrected chi connectivity index (χ4v) is 3.54. The summed E-state index contributed by atoms with van der Waals surface area (Å²) in [6.45, 7) is 5.01. The third kappa shape index (κ3) is 4.53. The van der Waals surface area contributed by atoms with E-state index in [1.165, 1.54) is 20.9 Å². The van der Waals surface area contributed by atoms with Gasteiger partial charge in [-0.3, -0.25) is 0 Å². The molecule has 1 atom stereocenters. The number of aryl methyl sites for hydroxylation is 2. The van der Waals surface area contributed by atoms with Crippen LogP contribution in [-0.4, -0.2) is 25.8 Å². The van der Waals surface area contributed by atoms with Gasteiger partial charge in [-0.1, -0.05) is 23.8 Å². The van der Waals surface area contributed by atoms with Gasteiger partial charge < -0.3 is 15.5 Å². The van der Waals surface area contributed by atoms with Crippen LogP contribution in [0.1, 0.15) is 22.0 Å². The topological polar surface area (TPSA) is 28.5 Å². The summed E-state index contributed by atoms with van der Waals surface area (Å²) in [6.07, 6.45) is 0. The molecule has 1 aromatic carbocycles. The van der Waals surface area contributed by atoms with E-state index in [2.05, 4.69) is 74.3 Å². The van der Waals surface area contributed by atoms with E-state index in [4.69, 9.17) is 12.2 Å². The lowest BCUT2D eigenvalue weighted by Crippen LogP contribution is -3.06. The maximum atomic E-state index is 5.43. The Bertz CT molecular complexity index is 621. The van der Waals surface area contributed by atoms with Crippen LogP contribution in [0.2, 0.25) is 0 Å². The van der Waals surface area contributed by atoms with Crippen molar-refractivity contribution in [2.75, 3.05) is 26.0 Å². The van der Waals surface area contributed by atoms with Crippen LogP contribution < -0.4 is 15.5 Å². The van der Waals surface area contributed by atoms with E-state index in [-0.39, 0.29) is 0 Å². The molecule has 1 aromatic heterocycles. The van der Waals surface area contributed by atoms with Gasteiger partial charge in [0.1, 0.15) is 6.04 Å². The van der Waals surface area contributed by atoms with Gasteiger partial charge in [0.25, 0.3) is 0 Å². The monoisotopic (exact) mass is 334 g/mol. The van der Waals surface area contributed by atoms with E-state index >= 15 is 0 Å². The van der Waals surface area contributed by atoms with Crippen LogP contribution >= 0.6 is 23.6 Å². The summed E-state index contributed by atoms with van der Waals surface area (Å²) in [5.74, 6) is 0. The molecule has 0 spiro atoms. The molecule has 0 amide bonds. The molecule has 0 saturated heterocycles. The molecular weight excluding hydrogens is 310 g/mol. The molecule has 0 radical (unpaired) electrons. The number of quaternary nitrogens is 1. The van der Waals surface area contributed by atoms with E-state index in [9.17, 15) is 0 Å². The third-order valence-corrected chi connectivity index (χ3v) is 4.91. The van der Waals surface area contributed by atoms with E-state index in [1.54, 1.807) is 11.3 Å². The molecule has 1 heterocycles. The second-order valence-corrected chi connectivity index (χ2v) is 7.19. The molecule has 2 rings (SSSR count). The van der Waals surface area contributed by atoms with Crippen LogP contribution in [0.15, 0.2) is 35.7 Å². The molecular formula is C17H24N3S2+. The van der Waals surface area contributed by atoms with E-state index in [0.29, 0.717) is 11.2 Å². The highest BCUT2D eigenvalue weighted by Crippen LogP contribution is 2.17. The number of hydrogen-bond acceptors (Lipinski definition) is 2. The van der Waals surface area contributed by atoms with Gasteiger partial charge in [0.15, 0.2) is 5.11 Å². The summed E-state index contributed by atoms with van der Waals surface area (Å²) in [7, 11) is 4.35. The SMILES string of the molecule is Cc1ccc(NC(=S)NC[C@H](c2cccs2)[NH+](C)C)c(C)c1. The van der Waals surface area contributed by atoms with E-state index < -0.39 is 0 Å². The predicted octanol–water partition coefficient (Wildman–Crippen LogP) is 2.54. The molecule has 0 unspecified atom stereocenters. The minimum atomic E-state index is 0.402. The molecule has 0 saturated carbocycles. The van der Waals surface area contributed by atoms with Crippen LogP contribution in [0.3, 0.4) is 0 Å². The predicted molar refractivity (Wildman–Crippen MR) is 100 cm³/mol. The molecule has 118 valence electrons. The quantitative estimate of drug-likeness (QED) is 0.734. The van der Waals surface area contributed by atoms with Gasteiger partial charge in [0, 0.05) is 5.69 Å². The number of anilines is 1. The lowest BCUT2D eigenvalue weighted by Gasteiger charge is -2.22. The minimum absolute atomic E-state index is 0.402. The normalized spacial score (nSPS) is 12.2. The third-order valence-electron chi connectivity index (χ3n) is 3.68. The van der Waals surface area contributed by atoms with Gasteiger partial charge in [-0.2, -0.15) is 0 Å². The first kappa shape index (κ1) is 16.9. The van der Waals surface area contributed by atoms with Crippen molar-refractivity contribution < 1.29 is 4.90 Å². The smallest absolute Gasteiger partial charge is 0.171 e. The van der Waals surface area contributed by atoms with Crippen molar-refractivity contribution in [3.63, 3.8) is 0 Å². The van der Waals surface area contributed by atoms with Gasteiger partial charge in [-0.15, -0.1) is 11.3 Å². The van der Waals surface area contributed by atoms with E-state index in [1.807, 2.05) is 0 Å². The largest absolute Gasteiger partial charge is 0.356 e. The zero-order valence-electron chi connectivity index (χ0n) is 13.6. The van der Waals surface area contributed by atoms with Crippen LogP contribution in [0.25, 0.3) is 0 Å². The standard InChI is InChI=1S/C17H23N3S2/c1-12-7-8-14(13(2)10-12)19-17(21)18-11-15(20(3)4)16-6-5-9-22-16/h5-10,15H,11H2,1-4H3,(H2,18,19,21)/p+1/t15-/m1/s1. The molecule has 0 fully saturated rings. The number of likely N-dealkylation sites (N-methyl/N-ethyl adjacent to an activating group) is 1. The van der Waals surface area contributed by atoms with Gasteiger partial charge in [0.05, 0.1) is 25.5 Å². The molecule has 0 aliphatic rings. The summed E-state index contributed by atoms with van der Waals surface area (Å²) < 4.78 is 0. The summed E-state index contributed by atoms with van der Waals surface area (Å²) in [5, 5.41) is 9.44. The van der Waals surface area contributed by atoms with Crippen molar-refractivity contribution in [3.8, 4) is 0 Å². The molecule has 0 aliphatic heterocycles. The number of nitrogens with one attached hydrogen (secondary N) is 3. The summed E-state index contributed by atoms with van der Waals surface area (Å²) in [5.41, 5.74) is 3.53. The Morgan fingerprint density at radius 3 is 2.64 bits per heavy atom. The van der Waals surface area contributed by atoms with E-state index in [0.717, 1.165) is 12.2 Å². The van der Waals surface area contributed by atoms with Crippen molar-refractivity contribution in [2.24, 2.45) is 0 Å². The zero-order valence-corrected chi connectivity index (χ0v) is 15.2. The maximum absolute atomic E-state index is 5.43. The Kier molecular flexibility index (Phi) is 5.94. The average Bonchev–Trinajstić information content (AvgIpc) is 2.96. The molecule has 2 aromatic rings. The minimum Gasteiger partial charge on any atom is -0.356 e. The van der Waals surface area contributed by atoms with Gasteiger partial charge in [0.2, 0.25) is 0 Å². The van der Waals surface area contributed by atoms with Crippen molar-refractivity contribution in [1.29, 1.82) is 0 Å². The Hall–Kier alpha value is -1.43. The fraction of sp³-hybridized carbons (Fsp3) is 0.353. The zero-order chi connectivity index (χ0) is 16.1. The van der Waals surface area contributed by atoms with Crippen LogP contribution in [0, 0.1) is 13.8 Å². The fourth-order valence-electron chi connectivity index (χ4n) is 2.39. The molecule has 0 aliphatic carbocycles. The Labute approximate surface area is 142 Å². The number of thiophene rings is 1. The molecule has 3 N–H and O–H groups in total. The first-order valence-corrected chi connectivity index (χ1v) is 8.71. The first-order chi connectivity index (χ1) is 10.5. The van der Waals surface area contributed by atoms with Crippen LogP contribution in [0.5, 0.6) is 0 Å². The molecule has 22 heavy (non-hydrogen) atoms. The maximum Gasteiger partial charge on any atom is 0.171 e. The second kappa shape index (κ2) is 7.72. The highest BCUT2D eigenvalue weighted by atomic mass is 32.1. The van der Waals surface area contributed by atoms with Crippen molar-refractivity contribution >= 4 is 34.4 Å². The van der Waals surface area contributed by atoms with Gasteiger partial charge in [-0.25, -0.2) is 0 Å². The lowest BCUT2D eigenvalue weighted by molar-refractivity contribution is -0.890. The molecule has 0 bridgehead atoms. The Balaban J connectivity index is 1.94. The number of benzene rings is 1. The number of hydrogen-bond donors (Lipinski definition) is 3. The number of thiocarbonyl (C=S) groups is 1. The average molecular weight is 335 g/mol. The second-order valence-electron chi connectivity index (χ2n) is 5.80. The Morgan fingerprint density at radius 2 is 2.05 bits per heavy atom. The number of rotatable bonds is 5. The highest BCUT2D eigenvalue weighted by Gasteiger charge is 2.18. The van der Waals surface area contributed by atoms with Crippen molar-refractivity contribution in [1.82, 2.24) is 5.32 Å². The van der Waals surface area contributed by atoms with Gasteiger partial charge >= 0.3 is 0 Å². The van der Waals surface area contributed by atoms with Crippen LogP contribution in [-0.2, 0) is 0 Å². The van der Waals surface area contributed by atoms with Crippen LogP contribution in [0.4, 0.5) is 5.69 Å². The first-order valence-electron chi connectivity index (χ1n) is 7.43. The summed E-state index contributed by atoms with van der Waals surface area (Å²) >= 11 is 7.23. The van der Waals surface area contributed by atoms with Crippen molar-refractivity contribution in [2.45, 2.75) is 19.9 Å². The molecule has 5 heteroatoms. The Morgan fingerprint density at radius 1 is 1.27 bits per heavy atom. The van der Waals surface area contributed by atoms with Gasteiger partial charge in [-0.05, 0) is 49.1 Å².